The van der Waals surface area contributed by atoms with Crippen LogP contribution in [0.3, 0.4) is 0 Å². The van der Waals surface area contributed by atoms with Crippen LogP contribution in [0.25, 0.3) is 5.95 Å². The van der Waals surface area contributed by atoms with Crippen LogP contribution in [0.5, 0.6) is 0 Å². The average molecular weight is 351 g/mol. The van der Waals surface area contributed by atoms with E-state index < -0.39 is 5.82 Å². The van der Waals surface area contributed by atoms with E-state index in [2.05, 4.69) is 46.3 Å². The van der Waals surface area contributed by atoms with Crippen LogP contribution in [0.4, 0.5) is 22.0 Å². The van der Waals surface area contributed by atoms with Crippen LogP contribution in [0.2, 0.25) is 0 Å². The van der Waals surface area contributed by atoms with Gasteiger partial charge in [-0.3, -0.25) is 0 Å². The Morgan fingerprint density at radius 3 is 2.86 bits per heavy atom. The summed E-state index contributed by atoms with van der Waals surface area (Å²) in [5.41, 5.74) is 5.83. The lowest BCUT2D eigenvalue weighted by molar-refractivity contribution is 0.631. The summed E-state index contributed by atoms with van der Waals surface area (Å²) < 4.78 is 15.7. The summed E-state index contributed by atoms with van der Waals surface area (Å²) in [6, 6.07) is 4.46. The highest BCUT2D eigenvalue weighted by Crippen LogP contribution is 2.22. The summed E-state index contributed by atoms with van der Waals surface area (Å²) in [7, 11) is 0. The summed E-state index contributed by atoms with van der Waals surface area (Å²) in [5.74, 6) is -0.184. The Bertz CT molecular complexity index is 776. The summed E-state index contributed by atoms with van der Waals surface area (Å²) in [6.45, 7) is 0. The molecule has 1 aromatic carbocycles. The van der Waals surface area contributed by atoms with E-state index in [4.69, 9.17) is 5.73 Å². The maximum atomic E-state index is 13.7. The highest BCUT2D eigenvalue weighted by Gasteiger charge is 2.09. The molecule has 3 rings (SSSR count). The van der Waals surface area contributed by atoms with Gasteiger partial charge in [0, 0.05) is 4.47 Å². The second-order valence-corrected chi connectivity index (χ2v) is 4.82. The smallest absolute Gasteiger partial charge is 0.258 e. The van der Waals surface area contributed by atoms with E-state index in [0.29, 0.717) is 4.47 Å². The first-order valence-electron chi connectivity index (χ1n) is 5.70. The van der Waals surface area contributed by atoms with Gasteiger partial charge in [0.05, 0.1) is 5.69 Å². The second kappa shape index (κ2) is 5.40. The molecule has 0 amide bonds. The minimum Gasteiger partial charge on any atom is -0.368 e. The number of benzene rings is 1. The minimum atomic E-state index is -0.445. The summed E-state index contributed by atoms with van der Waals surface area (Å²) in [4.78, 5) is 15.7. The fourth-order valence-electron chi connectivity index (χ4n) is 1.56. The quantitative estimate of drug-likeness (QED) is 0.739. The molecule has 2 heterocycles. The van der Waals surface area contributed by atoms with Crippen molar-refractivity contribution < 1.29 is 4.39 Å². The molecule has 0 bridgehead atoms. The minimum absolute atomic E-state index is 0.0200. The molecular weight excluding hydrogens is 343 g/mol. The lowest BCUT2D eigenvalue weighted by Gasteiger charge is -2.08. The van der Waals surface area contributed by atoms with Crippen LogP contribution in [-0.2, 0) is 0 Å². The third-order valence-corrected chi connectivity index (χ3v) is 2.93. The standard InChI is InChI=1S/C11H8BrFN8/c12-6-1-2-7(13)8(3-6)17-10-18-9(14)19-11(20-10)21-5-15-4-16-21/h1-5H,(H3,14,17,18,19,20). The third-order valence-electron chi connectivity index (χ3n) is 2.44. The summed E-state index contributed by atoms with van der Waals surface area (Å²) in [5, 5.41) is 6.64. The number of hydrogen-bond donors (Lipinski definition) is 2. The van der Waals surface area contributed by atoms with Crippen molar-refractivity contribution in [3.63, 3.8) is 0 Å². The SMILES string of the molecule is Nc1nc(Nc2cc(Br)ccc2F)nc(-n2cncn2)n1. The summed E-state index contributed by atoms with van der Waals surface area (Å²) in [6.07, 6.45) is 2.75. The van der Waals surface area contributed by atoms with Gasteiger partial charge in [-0.1, -0.05) is 15.9 Å². The Hall–Kier alpha value is -2.62. The number of nitrogens with two attached hydrogens (primary N) is 1. The lowest BCUT2D eigenvalue weighted by atomic mass is 10.3. The molecule has 8 nitrogen and oxygen atoms in total. The molecule has 0 aliphatic heterocycles. The highest BCUT2D eigenvalue weighted by atomic mass is 79.9. The van der Waals surface area contributed by atoms with Gasteiger partial charge in [0.2, 0.25) is 11.9 Å². The number of hydrogen-bond acceptors (Lipinski definition) is 7. The zero-order valence-electron chi connectivity index (χ0n) is 10.4. The van der Waals surface area contributed by atoms with E-state index in [9.17, 15) is 4.39 Å². The Morgan fingerprint density at radius 1 is 1.24 bits per heavy atom. The van der Waals surface area contributed by atoms with E-state index in [1.165, 1.54) is 23.4 Å². The van der Waals surface area contributed by atoms with Crippen molar-refractivity contribution in [2.75, 3.05) is 11.1 Å². The Kier molecular flexibility index (Phi) is 3.44. The van der Waals surface area contributed by atoms with E-state index in [0.717, 1.165) is 0 Å². The molecule has 0 aliphatic carbocycles. The number of nitrogens with zero attached hydrogens (tertiary/aromatic N) is 6. The molecule has 0 saturated heterocycles. The molecule has 21 heavy (non-hydrogen) atoms. The number of aromatic nitrogens is 6. The monoisotopic (exact) mass is 350 g/mol. The van der Waals surface area contributed by atoms with Crippen LogP contribution >= 0.6 is 15.9 Å². The molecule has 0 aliphatic rings. The molecule has 0 unspecified atom stereocenters. The van der Waals surface area contributed by atoms with Gasteiger partial charge in [-0.25, -0.2) is 9.37 Å². The normalized spacial score (nSPS) is 10.6. The maximum absolute atomic E-state index is 13.7. The molecule has 3 aromatic rings. The Balaban J connectivity index is 1.97. The van der Waals surface area contributed by atoms with Crippen LogP contribution in [0.15, 0.2) is 35.3 Å². The van der Waals surface area contributed by atoms with Crippen LogP contribution in [0, 0.1) is 5.82 Å². The maximum Gasteiger partial charge on any atom is 0.258 e. The van der Waals surface area contributed by atoms with Gasteiger partial charge >= 0.3 is 0 Å². The van der Waals surface area contributed by atoms with Crippen LogP contribution in [-0.4, -0.2) is 29.7 Å². The fourth-order valence-corrected chi connectivity index (χ4v) is 1.93. The molecule has 0 radical (unpaired) electrons. The topological polar surface area (TPSA) is 107 Å². The zero-order chi connectivity index (χ0) is 14.8. The first-order valence-corrected chi connectivity index (χ1v) is 6.50. The van der Waals surface area contributed by atoms with Crippen molar-refractivity contribution in [2.45, 2.75) is 0 Å². The third kappa shape index (κ3) is 2.94. The van der Waals surface area contributed by atoms with Crippen LogP contribution in [0.1, 0.15) is 0 Å². The molecular formula is C11H8BrFN8. The first kappa shape index (κ1) is 13.4. The van der Waals surface area contributed by atoms with E-state index in [-0.39, 0.29) is 23.5 Å². The molecule has 10 heteroatoms. The van der Waals surface area contributed by atoms with Gasteiger partial charge < -0.3 is 11.1 Å². The number of nitrogen functional groups attached to an aromatic ring is 1. The van der Waals surface area contributed by atoms with E-state index in [1.54, 1.807) is 12.1 Å². The molecule has 0 saturated carbocycles. The van der Waals surface area contributed by atoms with Crippen molar-refractivity contribution in [1.29, 1.82) is 0 Å². The fraction of sp³-hybridized carbons (Fsp3) is 0. The molecule has 0 fully saturated rings. The molecule has 106 valence electrons. The molecule has 0 spiro atoms. The van der Waals surface area contributed by atoms with Crippen molar-refractivity contribution in [3.05, 3.63) is 41.1 Å². The van der Waals surface area contributed by atoms with E-state index in [1.807, 2.05) is 0 Å². The lowest BCUT2D eigenvalue weighted by Crippen LogP contribution is -2.10. The highest BCUT2D eigenvalue weighted by molar-refractivity contribution is 9.10. The largest absolute Gasteiger partial charge is 0.368 e. The van der Waals surface area contributed by atoms with Gasteiger partial charge in [0.25, 0.3) is 5.95 Å². The molecule has 2 aromatic heterocycles. The van der Waals surface area contributed by atoms with Gasteiger partial charge in [-0.2, -0.15) is 24.7 Å². The van der Waals surface area contributed by atoms with Crippen molar-refractivity contribution >= 4 is 33.5 Å². The predicted octanol–water partition coefficient (Wildman–Crippen LogP) is 1.68. The zero-order valence-corrected chi connectivity index (χ0v) is 12.0. The molecule has 3 N–H and O–H groups in total. The van der Waals surface area contributed by atoms with Crippen molar-refractivity contribution in [3.8, 4) is 5.95 Å². The predicted molar refractivity (Wildman–Crippen MR) is 76.5 cm³/mol. The van der Waals surface area contributed by atoms with Crippen molar-refractivity contribution in [1.82, 2.24) is 29.7 Å². The Morgan fingerprint density at radius 2 is 2.10 bits per heavy atom. The van der Waals surface area contributed by atoms with Crippen LogP contribution < -0.4 is 11.1 Å². The van der Waals surface area contributed by atoms with Gasteiger partial charge in [-0.05, 0) is 18.2 Å². The Labute approximate surface area is 126 Å². The molecule has 0 atom stereocenters. The number of rotatable bonds is 3. The van der Waals surface area contributed by atoms with E-state index >= 15 is 0 Å². The van der Waals surface area contributed by atoms with Gasteiger partial charge in [0.1, 0.15) is 18.5 Å². The second-order valence-electron chi connectivity index (χ2n) is 3.91. The summed E-state index contributed by atoms with van der Waals surface area (Å²) >= 11 is 3.26. The number of anilines is 3. The number of nitrogens with one attached hydrogen (secondary N) is 1. The first-order chi connectivity index (χ1) is 10.1. The van der Waals surface area contributed by atoms with Gasteiger partial charge in [0.15, 0.2) is 0 Å². The average Bonchev–Trinajstić information content (AvgIpc) is 2.96. The number of halogens is 2. The van der Waals surface area contributed by atoms with Gasteiger partial charge in [-0.15, -0.1) is 0 Å². The van der Waals surface area contributed by atoms with Crippen molar-refractivity contribution in [2.24, 2.45) is 0 Å².